The molecule has 23 heavy (non-hydrogen) atoms. The Morgan fingerprint density at radius 2 is 2.04 bits per heavy atom. The number of hydrogen-bond acceptors (Lipinski definition) is 3. The summed E-state index contributed by atoms with van der Waals surface area (Å²) in [4.78, 5) is 13.3. The van der Waals surface area contributed by atoms with Crippen LogP contribution in [0.5, 0.6) is 0 Å². The van der Waals surface area contributed by atoms with Gasteiger partial charge in [-0.05, 0) is 42.7 Å². The normalized spacial score (nSPS) is 31.2. The lowest BCUT2D eigenvalue weighted by molar-refractivity contribution is -0.133. The first-order chi connectivity index (χ1) is 11.0. The van der Waals surface area contributed by atoms with Crippen molar-refractivity contribution in [3.05, 3.63) is 42.0 Å². The largest absolute Gasteiger partial charge is 0.328 e. The second-order valence-corrected chi connectivity index (χ2v) is 7.44. The van der Waals surface area contributed by atoms with Crippen LogP contribution in [0.1, 0.15) is 45.1 Å². The Hall–Kier alpha value is -1.45. The van der Waals surface area contributed by atoms with Crippen LogP contribution in [0.15, 0.2) is 36.4 Å². The third-order valence-corrected chi connectivity index (χ3v) is 5.78. The molecular formula is C20H28N2O. The summed E-state index contributed by atoms with van der Waals surface area (Å²) < 4.78 is 0. The van der Waals surface area contributed by atoms with Gasteiger partial charge in [0.2, 0.25) is 0 Å². The first kappa shape index (κ1) is 16.4. The van der Waals surface area contributed by atoms with Gasteiger partial charge < -0.3 is 11.1 Å². The molecule has 1 aromatic carbocycles. The Morgan fingerprint density at radius 1 is 1.30 bits per heavy atom. The number of carbonyl (C=O) groups excluding carboxylic acids is 1. The summed E-state index contributed by atoms with van der Waals surface area (Å²) in [5.74, 6) is 0.721. The first-order valence-electron chi connectivity index (χ1n) is 8.80. The topological polar surface area (TPSA) is 55.1 Å². The molecule has 0 bridgehead atoms. The van der Waals surface area contributed by atoms with Crippen LogP contribution < -0.4 is 11.1 Å². The van der Waals surface area contributed by atoms with Gasteiger partial charge >= 0.3 is 0 Å². The highest BCUT2D eigenvalue weighted by Gasteiger charge is 2.48. The highest BCUT2D eigenvalue weighted by Crippen LogP contribution is 2.46. The Kier molecular flexibility index (Phi) is 4.69. The van der Waals surface area contributed by atoms with Crippen molar-refractivity contribution >= 4 is 11.4 Å². The van der Waals surface area contributed by atoms with Crippen LogP contribution in [0.25, 0.3) is 5.57 Å². The minimum atomic E-state index is -0.240. The zero-order valence-corrected chi connectivity index (χ0v) is 14.2. The lowest BCUT2D eigenvalue weighted by atomic mass is 9.69. The molecule has 0 saturated heterocycles. The van der Waals surface area contributed by atoms with E-state index in [-0.39, 0.29) is 17.5 Å². The van der Waals surface area contributed by atoms with Crippen LogP contribution in [0.2, 0.25) is 0 Å². The van der Waals surface area contributed by atoms with Crippen molar-refractivity contribution in [3.8, 4) is 0 Å². The van der Waals surface area contributed by atoms with Gasteiger partial charge in [-0.15, -0.1) is 0 Å². The minimum Gasteiger partial charge on any atom is -0.328 e. The summed E-state index contributed by atoms with van der Waals surface area (Å²) in [6.45, 7) is 5.11. The quantitative estimate of drug-likeness (QED) is 0.898. The molecule has 0 spiro atoms. The van der Waals surface area contributed by atoms with Crippen molar-refractivity contribution in [1.82, 2.24) is 5.32 Å². The molecule has 0 aromatic heterocycles. The van der Waals surface area contributed by atoms with Gasteiger partial charge in [-0.1, -0.05) is 50.3 Å². The van der Waals surface area contributed by atoms with E-state index in [4.69, 9.17) is 5.73 Å². The fourth-order valence-corrected chi connectivity index (χ4v) is 4.27. The smallest absolute Gasteiger partial charge is 0.156 e. The van der Waals surface area contributed by atoms with E-state index in [0.29, 0.717) is 11.7 Å². The summed E-state index contributed by atoms with van der Waals surface area (Å²) in [6, 6.07) is 10.5. The number of benzene rings is 1. The van der Waals surface area contributed by atoms with Crippen LogP contribution in [0, 0.1) is 11.3 Å². The summed E-state index contributed by atoms with van der Waals surface area (Å²) >= 11 is 0. The Labute approximate surface area is 139 Å². The number of carbonyl (C=O) groups is 1. The van der Waals surface area contributed by atoms with Crippen molar-refractivity contribution < 1.29 is 4.79 Å². The van der Waals surface area contributed by atoms with Gasteiger partial charge in [0, 0.05) is 18.0 Å². The van der Waals surface area contributed by atoms with Crippen LogP contribution in [0.3, 0.4) is 0 Å². The van der Waals surface area contributed by atoms with Gasteiger partial charge in [-0.25, -0.2) is 0 Å². The molecule has 1 aromatic rings. The molecule has 1 aliphatic carbocycles. The lowest BCUT2D eigenvalue weighted by Gasteiger charge is -2.37. The standard InChI is InChI=1S/C20H28N2O/c1-14(2)20(10-8-17(21)13-20)19(23)18-12-16(9-11-22-18)15-6-4-3-5-7-15/h3-7,9,14,17-18,22H,8,10-13,21H2,1-2H3/t17-,18?,20+/m1/s1. The highest BCUT2D eigenvalue weighted by atomic mass is 16.1. The van der Waals surface area contributed by atoms with Crippen LogP contribution in [-0.2, 0) is 4.79 Å². The molecule has 1 fully saturated rings. The molecule has 1 unspecified atom stereocenters. The maximum atomic E-state index is 13.3. The molecule has 3 N–H and O–H groups in total. The number of rotatable bonds is 4. The zero-order chi connectivity index (χ0) is 16.4. The summed E-state index contributed by atoms with van der Waals surface area (Å²) in [5, 5.41) is 3.42. The van der Waals surface area contributed by atoms with E-state index in [1.54, 1.807) is 0 Å². The van der Waals surface area contributed by atoms with E-state index in [0.717, 1.165) is 32.2 Å². The molecule has 2 aliphatic rings. The van der Waals surface area contributed by atoms with Crippen LogP contribution in [-0.4, -0.2) is 24.4 Å². The van der Waals surface area contributed by atoms with Gasteiger partial charge in [0.15, 0.2) is 5.78 Å². The fraction of sp³-hybridized carbons (Fsp3) is 0.550. The molecule has 1 saturated carbocycles. The number of nitrogens with one attached hydrogen (secondary N) is 1. The summed E-state index contributed by atoms with van der Waals surface area (Å²) in [6.07, 6.45) is 5.74. The molecule has 0 amide bonds. The Morgan fingerprint density at radius 3 is 2.65 bits per heavy atom. The number of nitrogens with two attached hydrogens (primary N) is 1. The average molecular weight is 312 g/mol. The molecule has 0 radical (unpaired) electrons. The Bertz CT molecular complexity index is 593. The van der Waals surface area contributed by atoms with Gasteiger partial charge in [-0.2, -0.15) is 0 Å². The van der Waals surface area contributed by atoms with Gasteiger partial charge in [0.05, 0.1) is 6.04 Å². The molecule has 3 atom stereocenters. The van der Waals surface area contributed by atoms with Crippen molar-refractivity contribution in [2.24, 2.45) is 17.1 Å². The molecular weight excluding hydrogens is 284 g/mol. The number of ketones is 1. The summed E-state index contributed by atoms with van der Waals surface area (Å²) in [5.41, 5.74) is 8.42. The molecule has 3 heteroatoms. The predicted octanol–water partition coefficient (Wildman–Crippen LogP) is 3.15. The highest BCUT2D eigenvalue weighted by molar-refractivity contribution is 5.92. The minimum absolute atomic E-state index is 0.0806. The predicted molar refractivity (Wildman–Crippen MR) is 94.9 cm³/mol. The lowest BCUT2D eigenvalue weighted by Crippen LogP contribution is -2.49. The van der Waals surface area contributed by atoms with Gasteiger partial charge in [0.25, 0.3) is 0 Å². The van der Waals surface area contributed by atoms with Crippen LogP contribution in [0.4, 0.5) is 0 Å². The molecule has 3 rings (SSSR count). The zero-order valence-electron chi connectivity index (χ0n) is 14.2. The van der Waals surface area contributed by atoms with E-state index >= 15 is 0 Å². The fourth-order valence-electron chi connectivity index (χ4n) is 4.27. The summed E-state index contributed by atoms with van der Waals surface area (Å²) in [7, 11) is 0. The van der Waals surface area contributed by atoms with E-state index in [1.807, 2.05) is 6.07 Å². The number of Topliss-reactive ketones (excluding diaryl/α,β-unsaturated/α-hetero) is 1. The van der Waals surface area contributed by atoms with E-state index in [2.05, 4.69) is 49.5 Å². The second kappa shape index (κ2) is 6.58. The van der Waals surface area contributed by atoms with Crippen molar-refractivity contribution in [2.45, 2.75) is 51.6 Å². The molecule has 1 aliphatic heterocycles. The molecule has 124 valence electrons. The van der Waals surface area contributed by atoms with Crippen LogP contribution >= 0.6 is 0 Å². The maximum absolute atomic E-state index is 13.3. The molecule has 1 heterocycles. The van der Waals surface area contributed by atoms with Gasteiger partial charge in [0.1, 0.15) is 0 Å². The van der Waals surface area contributed by atoms with E-state index in [9.17, 15) is 4.79 Å². The SMILES string of the molecule is CC(C)[C@]1(C(=O)C2CC(c3ccccc3)=CCN2)CC[C@@H](N)C1. The second-order valence-electron chi connectivity index (χ2n) is 7.44. The van der Waals surface area contributed by atoms with Gasteiger partial charge in [-0.3, -0.25) is 4.79 Å². The van der Waals surface area contributed by atoms with E-state index < -0.39 is 0 Å². The first-order valence-corrected chi connectivity index (χ1v) is 8.80. The number of hydrogen-bond donors (Lipinski definition) is 2. The third-order valence-electron chi connectivity index (χ3n) is 5.78. The van der Waals surface area contributed by atoms with Crippen molar-refractivity contribution in [3.63, 3.8) is 0 Å². The maximum Gasteiger partial charge on any atom is 0.156 e. The van der Waals surface area contributed by atoms with Crippen molar-refractivity contribution in [1.29, 1.82) is 0 Å². The Balaban J connectivity index is 1.79. The molecule has 3 nitrogen and oxygen atoms in total. The third kappa shape index (κ3) is 3.13. The van der Waals surface area contributed by atoms with Crippen molar-refractivity contribution in [2.75, 3.05) is 6.54 Å². The monoisotopic (exact) mass is 312 g/mol. The van der Waals surface area contributed by atoms with E-state index in [1.165, 1.54) is 11.1 Å². The average Bonchev–Trinajstić information content (AvgIpc) is 2.98.